The smallest absolute Gasteiger partial charge is 0.220 e. The van der Waals surface area contributed by atoms with Crippen molar-refractivity contribution in [3.05, 3.63) is 18.0 Å². The van der Waals surface area contributed by atoms with Gasteiger partial charge in [0.05, 0.1) is 6.04 Å². The Morgan fingerprint density at radius 1 is 1.53 bits per heavy atom. The highest BCUT2D eigenvalue weighted by Gasteiger charge is 2.09. The largest absolute Gasteiger partial charge is 0.368 e. The van der Waals surface area contributed by atoms with Crippen molar-refractivity contribution in [3.63, 3.8) is 0 Å². The van der Waals surface area contributed by atoms with E-state index in [1.54, 1.807) is 12.3 Å². The van der Waals surface area contributed by atoms with Crippen LogP contribution in [0.5, 0.6) is 0 Å². The van der Waals surface area contributed by atoms with Crippen molar-refractivity contribution in [2.24, 2.45) is 5.73 Å². The lowest BCUT2D eigenvalue weighted by molar-refractivity contribution is -0.118. The molecule has 0 spiro atoms. The topological polar surface area (TPSA) is 94.9 Å². The number of nitrogen functional groups attached to an aromatic ring is 1. The molecular weight excluding hydrogens is 192 g/mol. The summed E-state index contributed by atoms with van der Waals surface area (Å²) >= 11 is 0. The maximum Gasteiger partial charge on any atom is 0.220 e. The number of hydrogen-bond acceptors (Lipinski definition) is 5. The highest BCUT2D eigenvalue weighted by Crippen LogP contribution is 2.00. The lowest BCUT2D eigenvalue weighted by Gasteiger charge is -2.06. The van der Waals surface area contributed by atoms with E-state index in [1.165, 1.54) is 6.92 Å². The zero-order valence-electron chi connectivity index (χ0n) is 9.40. The van der Waals surface area contributed by atoms with Gasteiger partial charge >= 0.3 is 0 Å². The SMILES string of the molecule is CC.CC(=O)C(N)Cc1ccnc(N)n1. The molecule has 1 atom stereocenters. The van der Waals surface area contributed by atoms with Gasteiger partial charge in [-0.25, -0.2) is 9.97 Å². The Bertz CT molecular complexity index is 314. The van der Waals surface area contributed by atoms with Crippen molar-refractivity contribution >= 4 is 11.7 Å². The van der Waals surface area contributed by atoms with Crippen molar-refractivity contribution in [1.29, 1.82) is 0 Å². The average molecular weight is 210 g/mol. The van der Waals surface area contributed by atoms with Crippen LogP contribution in [0.25, 0.3) is 0 Å². The predicted octanol–water partition coefficient (Wildman–Crippen LogP) is 0.544. The van der Waals surface area contributed by atoms with Crippen LogP contribution in [-0.4, -0.2) is 21.8 Å². The third kappa shape index (κ3) is 5.07. The van der Waals surface area contributed by atoms with Crippen LogP contribution >= 0.6 is 0 Å². The highest BCUT2D eigenvalue weighted by molar-refractivity contribution is 5.81. The molecule has 15 heavy (non-hydrogen) atoms. The lowest BCUT2D eigenvalue weighted by atomic mass is 10.1. The summed E-state index contributed by atoms with van der Waals surface area (Å²) < 4.78 is 0. The molecule has 5 nitrogen and oxygen atoms in total. The number of aromatic nitrogens is 2. The maximum absolute atomic E-state index is 10.8. The maximum atomic E-state index is 10.8. The molecule has 0 saturated carbocycles. The predicted molar refractivity (Wildman–Crippen MR) is 60.2 cm³/mol. The van der Waals surface area contributed by atoms with Gasteiger partial charge in [0.2, 0.25) is 5.95 Å². The zero-order chi connectivity index (χ0) is 11.8. The number of carbonyl (C=O) groups excluding carboxylic acids is 1. The molecule has 0 bridgehead atoms. The lowest BCUT2D eigenvalue weighted by Crippen LogP contribution is -2.30. The van der Waals surface area contributed by atoms with E-state index in [9.17, 15) is 4.79 Å². The van der Waals surface area contributed by atoms with Crippen LogP contribution in [0.1, 0.15) is 26.5 Å². The Kier molecular flexibility index (Phi) is 6.21. The first kappa shape index (κ1) is 13.5. The Morgan fingerprint density at radius 3 is 2.60 bits per heavy atom. The van der Waals surface area contributed by atoms with Gasteiger partial charge in [-0.1, -0.05) is 13.8 Å². The van der Waals surface area contributed by atoms with Gasteiger partial charge in [-0.2, -0.15) is 0 Å². The minimum atomic E-state index is -0.505. The third-order valence-corrected chi connectivity index (χ3v) is 1.68. The molecule has 1 aromatic heterocycles. The number of carbonyl (C=O) groups is 1. The quantitative estimate of drug-likeness (QED) is 0.759. The van der Waals surface area contributed by atoms with Gasteiger partial charge in [0.25, 0.3) is 0 Å². The average Bonchev–Trinajstić information content (AvgIpc) is 2.20. The van der Waals surface area contributed by atoms with Crippen molar-refractivity contribution in [2.75, 3.05) is 5.73 Å². The molecule has 0 aliphatic rings. The summed E-state index contributed by atoms with van der Waals surface area (Å²) in [5, 5.41) is 0. The molecule has 1 aromatic rings. The van der Waals surface area contributed by atoms with Crippen LogP contribution in [-0.2, 0) is 11.2 Å². The van der Waals surface area contributed by atoms with E-state index in [2.05, 4.69) is 9.97 Å². The molecule has 84 valence electrons. The fraction of sp³-hybridized carbons (Fsp3) is 0.500. The van der Waals surface area contributed by atoms with Crippen LogP contribution in [0.15, 0.2) is 12.3 Å². The van der Waals surface area contributed by atoms with Crippen LogP contribution < -0.4 is 11.5 Å². The van der Waals surface area contributed by atoms with Gasteiger partial charge in [0.1, 0.15) is 5.78 Å². The van der Waals surface area contributed by atoms with Crippen LogP contribution in [0.4, 0.5) is 5.95 Å². The van der Waals surface area contributed by atoms with Crippen LogP contribution in [0, 0.1) is 0 Å². The number of nitrogens with zero attached hydrogens (tertiary/aromatic N) is 2. The molecule has 4 N–H and O–H groups in total. The summed E-state index contributed by atoms with van der Waals surface area (Å²) in [6, 6.07) is 1.19. The molecule has 0 aliphatic heterocycles. The molecule has 0 radical (unpaired) electrons. The van der Waals surface area contributed by atoms with Crippen LogP contribution in [0.3, 0.4) is 0 Å². The van der Waals surface area contributed by atoms with Crippen molar-refractivity contribution in [1.82, 2.24) is 9.97 Å². The normalized spacial score (nSPS) is 11.2. The highest BCUT2D eigenvalue weighted by atomic mass is 16.1. The molecule has 0 aromatic carbocycles. The minimum Gasteiger partial charge on any atom is -0.368 e. The molecule has 0 aliphatic carbocycles. The first-order valence-electron chi connectivity index (χ1n) is 4.93. The standard InChI is InChI=1S/C8H12N4O.C2H6/c1-5(13)7(9)4-6-2-3-11-8(10)12-6;1-2/h2-3,7H,4,9H2,1H3,(H2,10,11,12);1-2H3. The summed E-state index contributed by atoms with van der Waals surface area (Å²) in [7, 11) is 0. The number of nitrogens with two attached hydrogens (primary N) is 2. The van der Waals surface area contributed by atoms with Gasteiger partial charge in [-0.3, -0.25) is 4.79 Å². The second-order valence-electron chi connectivity index (χ2n) is 2.83. The number of anilines is 1. The Hall–Kier alpha value is -1.49. The van der Waals surface area contributed by atoms with E-state index in [0.717, 1.165) is 0 Å². The number of rotatable bonds is 3. The summed E-state index contributed by atoms with van der Waals surface area (Å²) in [5.74, 6) is 0.144. The molecule has 1 heterocycles. The molecule has 1 unspecified atom stereocenters. The fourth-order valence-corrected chi connectivity index (χ4v) is 0.896. The van der Waals surface area contributed by atoms with E-state index in [1.807, 2.05) is 13.8 Å². The Balaban J connectivity index is 0.000000921. The summed E-state index contributed by atoms with van der Waals surface area (Å²) in [6.07, 6.45) is 1.95. The van der Waals surface area contributed by atoms with E-state index in [4.69, 9.17) is 11.5 Å². The second kappa shape index (κ2) is 6.89. The minimum absolute atomic E-state index is 0.0582. The molecule has 1 rings (SSSR count). The number of ketones is 1. The Morgan fingerprint density at radius 2 is 2.13 bits per heavy atom. The van der Waals surface area contributed by atoms with Crippen molar-refractivity contribution < 1.29 is 4.79 Å². The Labute approximate surface area is 89.9 Å². The van der Waals surface area contributed by atoms with Gasteiger partial charge in [-0.05, 0) is 13.0 Å². The van der Waals surface area contributed by atoms with Gasteiger partial charge in [-0.15, -0.1) is 0 Å². The third-order valence-electron chi connectivity index (χ3n) is 1.68. The molecule has 0 fully saturated rings. The number of Topliss-reactive ketones (excluding diaryl/α,β-unsaturated/α-hetero) is 1. The summed E-state index contributed by atoms with van der Waals surface area (Å²) in [6.45, 7) is 5.45. The zero-order valence-corrected chi connectivity index (χ0v) is 9.40. The van der Waals surface area contributed by atoms with Gasteiger partial charge in [0, 0.05) is 18.3 Å². The molecule has 0 amide bonds. The van der Waals surface area contributed by atoms with Crippen LogP contribution in [0.2, 0.25) is 0 Å². The van der Waals surface area contributed by atoms with Crippen molar-refractivity contribution in [2.45, 2.75) is 33.2 Å². The van der Waals surface area contributed by atoms with Gasteiger partial charge < -0.3 is 11.5 Å². The molecular formula is C10H18N4O. The van der Waals surface area contributed by atoms with Crippen molar-refractivity contribution in [3.8, 4) is 0 Å². The molecule has 5 heteroatoms. The second-order valence-corrected chi connectivity index (χ2v) is 2.83. The fourth-order valence-electron chi connectivity index (χ4n) is 0.896. The van der Waals surface area contributed by atoms with E-state index in [-0.39, 0.29) is 11.7 Å². The first-order chi connectivity index (χ1) is 7.09. The van der Waals surface area contributed by atoms with E-state index >= 15 is 0 Å². The first-order valence-corrected chi connectivity index (χ1v) is 4.93. The van der Waals surface area contributed by atoms with E-state index in [0.29, 0.717) is 12.1 Å². The van der Waals surface area contributed by atoms with Gasteiger partial charge in [0.15, 0.2) is 0 Å². The molecule has 0 saturated heterocycles. The number of hydrogen-bond donors (Lipinski definition) is 2. The monoisotopic (exact) mass is 210 g/mol. The summed E-state index contributed by atoms with van der Waals surface area (Å²) in [4.78, 5) is 18.5. The summed E-state index contributed by atoms with van der Waals surface area (Å²) in [5.41, 5.74) is 11.6. The van der Waals surface area contributed by atoms with E-state index < -0.39 is 6.04 Å².